The zero-order chi connectivity index (χ0) is 15.2. The Morgan fingerprint density at radius 3 is 2.76 bits per heavy atom. The average molecular weight is 288 g/mol. The second kappa shape index (κ2) is 4.63. The summed E-state index contributed by atoms with van der Waals surface area (Å²) in [4.78, 5) is 12.2. The zero-order valence-corrected chi connectivity index (χ0v) is 12.1. The second-order valence-electron chi connectivity index (χ2n) is 5.47. The number of hydrogen-bond donors (Lipinski definition) is 1. The molecule has 1 aromatic carbocycles. The fourth-order valence-electron chi connectivity index (χ4n) is 2.46. The van der Waals surface area contributed by atoms with Crippen LogP contribution in [0.5, 0.6) is 11.5 Å². The molecule has 3 rings (SSSR count). The van der Waals surface area contributed by atoms with Crippen molar-refractivity contribution >= 4 is 17.0 Å². The summed E-state index contributed by atoms with van der Waals surface area (Å²) in [6.07, 6.45) is 3.80. The largest absolute Gasteiger partial charge is 0.495 e. The average Bonchev–Trinajstić information content (AvgIpc) is 2.43. The third-order valence-electron chi connectivity index (χ3n) is 3.41. The van der Waals surface area contributed by atoms with Crippen LogP contribution in [0.15, 0.2) is 27.4 Å². The summed E-state index contributed by atoms with van der Waals surface area (Å²) >= 11 is 0. The van der Waals surface area contributed by atoms with Crippen LogP contribution in [-0.4, -0.2) is 17.8 Å². The molecule has 2 aromatic rings. The number of ether oxygens (including phenoxy) is 2. The molecule has 0 spiro atoms. The third-order valence-corrected chi connectivity index (χ3v) is 3.41. The van der Waals surface area contributed by atoms with Crippen molar-refractivity contribution in [3.63, 3.8) is 0 Å². The Hall–Kier alpha value is -2.27. The van der Waals surface area contributed by atoms with Crippen molar-refractivity contribution in [1.29, 1.82) is 0 Å². The van der Waals surface area contributed by atoms with Crippen LogP contribution in [0.2, 0.25) is 0 Å². The Balaban J connectivity index is 2.38. The van der Waals surface area contributed by atoms with Crippen molar-refractivity contribution in [3.05, 3.63) is 39.8 Å². The van der Waals surface area contributed by atoms with E-state index >= 15 is 0 Å². The van der Waals surface area contributed by atoms with Gasteiger partial charge in [0.25, 0.3) is 0 Å². The molecule has 0 radical (unpaired) electrons. The van der Waals surface area contributed by atoms with Crippen LogP contribution >= 0.6 is 0 Å². The summed E-state index contributed by atoms with van der Waals surface area (Å²) in [6, 6.07) is 2.94. The molecular weight excluding hydrogens is 272 g/mol. The quantitative estimate of drug-likeness (QED) is 0.919. The fraction of sp³-hybridized carbons (Fsp3) is 0.312. The lowest BCUT2D eigenvalue weighted by Crippen LogP contribution is -2.27. The van der Waals surface area contributed by atoms with Gasteiger partial charge in [-0.3, -0.25) is 4.79 Å². The van der Waals surface area contributed by atoms with E-state index in [2.05, 4.69) is 0 Å². The van der Waals surface area contributed by atoms with Gasteiger partial charge in [0, 0.05) is 12.1 Å². The molecule has 0 fully saturated rings. The topological polar surface area (TPSA) is 68.9 Å². The van der Waals surface area contributed by atoms with Crippen LogP contribution in [0.3, 0.4) is 0 Å². The molecule has 2 heterocycles. The Bertz CT molecular complexity index is 798. The number of hydrogen-bond acceptors (Lipinski definition) is 5. The maximum absolute atomic E-state index is 12.2. The van der Waals surface area contributed by atoms with Crippen molar-refractivity contribution in [3.8, 4) is 11.5 Å². The van der Waals surface area contributed by atoms with Crippen molar-refractivity contribution < 1.29 is 19.0 Å². The van der Waals surface area contributed by atoms with Crippen LogP contribution < -0.4 is 14.9 Å². The van der Waals surface area contributed by atoms with Gasteiger partial charge in [-0.1, -0.05) is 0 Å². The summed E-state index contributed by atoms with van der Waals surface area (Å²) in [7, 11) is 1.50. The van der Waals surface area contributed by atoms with Crippen LogP contribution in [0.4, 0.5) is 0 Å². The van der Waals surface area contributed by atoms with E-state index in [9.17, 15) is 4.79 Å². The predicted molar refractivity (Wildman–Crippen MR) is 78.7 cm³/mol. The first-order valence-corrected chi connectivity index (χ1v) is 6.62. The van der Waals surface area contributed by atoms with Crippen molar-refractivity contribution in [2.45, 2.75) is 26.1 Å². The van der Waals surface area contributed by atoms with Gasteiger partial charge in [-0.05, 0) is 26.0 Å². The number of rotatable bonds is 2. The molecular formula is C16H16O5. The van der Waals surface area contributed by atoms with Crippen molar-refractivity contribution in [1.82, 2.24) is 0 Å². The molecule has 0 bridgehead atoms. The first kappa shape index (κ1) is 13.7. The van der Waals surface area contributed by atoms with Gasteiger partial charge in [-0.2, -0.15) is 0 Å². The van der Waals surface area contributed by atoms with Crippen molar-refractivity contribution in [2.75, 3.05) is 7.11 Å². The number of aliphatic hydroxyl groups excluding tert-OH is 1. The normalized spacial score (nSPS) is 15.6. The molecule has 110 valence electrons. The van der Waals surface area contributed by atoms with Gasteiger partial charge in [0.15, 0.2) is 5.43 Å². The Kier molecular flexibility index (Phi) is 3.02. The van der Waals surface area contributed by atoms with E-state index < -0.39 is 5.60 Å². The van der Waals surface area contributed by atoms with Gasteiger partial charge < -0.3 is 19.0 Å². The summed E-state index contributed by atoms with van der Waals surface area (Å²) in [5.74, 6) is 1.22. The SMILES string of the molecule is COc1c2c(cc3oc(CO)cc(=O)c13)OC(C)(C)C=C2. The molecule has 21 heavy (non-hydrogen) atoms. The van der Waals surface area contributed by atoms with Gasteiger partial charge in [0.05, 0.1) is 12.7 Å². The molecule has 0 aliphatic carbocycles. The van der Waals surface area contributed by atoms with E-state index in [1.807, 2.05) is 26.0 Å². The minimum Gasteiger partial charge on any atom is -0.495 e. The maximum Gasteiger partial charge on any atom is 0.196 e. The third kappa shape index (κ3) is 2.19. The van der Waals surface area contributed by atoms with E-state index in [-0.39, 0.29) is 17.8 Å². The molecule has 5 nitrogen and oxygen atoms in total. The fourth-order valence-corrected chi connectivity index (χ4v) is 2.46. The van der Waals surface area contributed by atoms with Gasteiger partial charge in [0.1, 0.15) is 40.4 Å². The maximum atomic E-state index is 12.2. The molecule has 0 unspecified atom stereocenters. The predicted octanol–water partition coefficient (Wildman–Crippen LogP) is 2.48. The number of aliphatic hydroxyl groups is 1. The minimum atomic E-state index is -0.444. The van der Waals surface area contributed by atoms with E-state index in [1.54, 1.807) is 6.07 Å². The number of methoxy groups -OCH3 is 1. The Morgan fingerprint density at radius 2 is 2.10 bits per heavy atom. The molecule has 0 amide bonds. The first-order valence-electron chi connectivity index (χ1n) is 6.62. The van der Waals surface area contributed by atoms with E-state index in [4.69, 9.17) is 19.0 Å². The van der Waals surface area contributed by atoms with Crippen molar-refractivity contribution in [2.24, 2.45) is 0 Å². The molecule has 1 aromatic heterocycles. The second-order valence-corrected chi connectivity index (χ2v) is 5.47. The molecule has 0 atom stereocenters. The van der Waals surface area contributed by atoms with E-state index in [1.165, 1.54) is 13.2 Å². The minimum absolute atomic E-state index is 0.208. The highest BCUT2D eigenvalue weighted by Gasteiger charge is 2.26. The van der Waals surface area contributed by atoms with Gasteiger partial charge in [-0.25, -0.2) is 0 Å². The van der Waals surface area contributed by atoms with Crippen LogP contribution in [0, 0.1) is 0 Å². The molecule has 1 aliphatic rings. The van der Waals surface area contributed by atoms with Gasteiger partial charge >= 0.3 is 0 Å². The highest BCUT2D eigenvalue weighted by molar-refractivity contribution is 5.91. The summed E-state index contributed by atoms with van der Waals surface area (Å²) in [6.45, 7) is 3.53. The lowest BCUT2D eigenvalue weighted by Gasteiger charge is -2.28. The molecule has 1 aliphatic heterocycles. The van der Waals surface area contributed by atoms with Crippen LogP contribution in [0.1, 0.15) is 25.2 Å². The molecule has 0 saturated heterocycles. The standard InChI is InChI=1S/C16H16O5/c1-16(2)5-4-10-12(21-16)7-13-14(15(10)19-3)11(18)6-9(8-17)20-13/h4-7,17H,8H2,1-3H3. The number of fused-ring (bicyclic) bond motifs is 2. The Labute approximate surface area is 121 Å². The summed E-state index contributed by atoms with van der Waals surface area (Å²) in [5, 5.41) is 9.51. The number of benzene rings is 1. The van der Waals surface area contributed by atoms with Gasteiger partial charge in [-0.15, -0.1) is 0 Å². The lowest BCUT2D eigenvalue weighted by molar-refractivity contribution is 0.158. The molecule has 1 N–H and O–H groups in total. The molecule has 5 heteroatoms. The summed E-state index contributed by atoms with van der Waals surface area (Å²) < 4.78 is 16.8. The highest BCUT2D eigenvalue weighted by atomic mass is 16.5. The monoisotopic (exact) mass is 288 g/mol. The van der Waals surface area contributed by atoms with Gasteiger partial charge in [0.2, 0.25) is 0 Å². The molecule has 0 saturated carbocycles. The smallest absolute Gasteiger partial charge is 0.196 e. The lowest BCUT2D eigenvalue weighted by atomic mass is 10.00. The summed E-state index contributed by atoms with van der Waals surface area (Å²) in [5.41, 5.74) is 0.361. The highest BCUT2D eigenvalue weighted by Crippen LogP contribution is 2.41. The van der Waals surface area contributed by atoms with Crippen LogP contribution in [-0.2, 0) is 6.61 Å². The van der Waals surface area contributed by atoms with E-state index in [0.717, 1.165) is 0 Å². The zero-order valence-electron chi connectivity index (χ0n) is 12.1. The van der Waals surface area contributed by atoms with E-state index in [0.29, 0.717) is 28.0 Å². The first-order chi connectivity index (χ1) is 9.95. The van der Waals surface area contributed by atoms with Crippen LogP contribution in [0.25, 0.3) is 17.0 Å². The Morgan fingerprint density at radius 1 is 1.33 bits per heavy atom.